The first-order valence-corrected chi connectivity index (χ1v) is 13.9. The number of halogens is 1. The highest BCUT2D eigenvalue weighted by molar-refractivity contribution is 14.1. The first-order valence-electron chi connectivity index (χ1n) is 11.4. The molecule has 5 rings (SSSR count). The van der Waals surface area contributed by atoms with Gasteiger partial charge in [-0.3, -0.25) is 4.90 Å². The van der Waals surface area contributed by atoms with E-state index in [4.69, 9.17) is 4.74 Å². The van der Waals surface area contributed by atoms with Crippen molar-refractivity contribution in [1.82, 2.24) is 0 Å². The van der Waals surface area contributed by atoms with Crippen LogP contribution in [0, 0.1) is 10.5 Å². The predicted molar refractivity (Wildman–Crippen MR) is 152 cm³/mol. The van der Waals surface area contributed by atoms with Gasteiger partial charge in [-0.15, -0.1) is 4.40 Å². The molecule has 5 nitrogen and oxygen atoms in total. The van der Waals surface area contributed by atoms with Crippen LogP contribution in [0.4, 0.5) is 5.69 Å². The Balaban J connectivity index is 1.70. The predicted octanol–water partition coefficient (Wildman–Crippen LogP) is 6.96. The minimum absolute atomic E-state index is 0.00724. The van der Waals surface area contributed by atoms with Gasteiger partial charge in [0.15, 0.2) is 0 Å². The number of rotatable bonds is 5. The first-order chi connectivity index (χ1) is 17.4. The Morgan fingerprint density at radius 3 is 2.08 bits per heavy atom. The Kier molecular flexibility index (Phi) is 6.93. The fourth-order valence-electron chi connectivity index (χ4n) is 4.01. The Bertz CT molecular complexity index is 1520. The summed E-state index contributed by atoms with van der Waals surface area (Å²) in [5.41, 5.74) is 3.64. The SMILES string of the molecule is Cc1ccc(S(=O)(=O)/N=C2/O/C(=C\c3ccccc3)C(c3ccccc3)N2c2ccc(I)cc2)cc1. The van der Waals surface area contributed by atoms with Crippen molar-refractivity contribution in [1.29, 1.82) is 0 Å². The second-order valence-electron chi connectivity index (χ2n) is 8.38. The number of hydrogen-bond acceptors (Lipinski definition) is 3. The van der Waals surface area contributed by atoms with Crippen molar-refractivity contribution in [3.8, 4) is 0 Å². The van der Waals surface area contributed by atoms with Gasteiger partial charge in [0, 0.05) is 9.26 Å². The average molecular weight is 606 g/mol. The molecule has 1 heterocycles. The Hall–Kier alpha value is -3.43. The number of ether oxygens (including phenoxy) is 1. The molecule has 0 spiro atoms. The highest BCUT2D eigenvalue weighted by atomic mass is 127. The molecule has 4 aromatic carbocycles. The topological polar surface area (TPSA) is 59.0 Å². The largest absolute Gasteiger partial charge is 0.427 e. The van der Waals surface area contributed by atoms with E-state index in [0.29, 0.717) is 5.76 Å². The molecule has 0 aliphatic carbocycles. The first kappa shape index (κ1) is 24.3. The van der Waals surface area contributed by atoms with E-state index in [0.717, 1.165) is 25.9 Å². The quantitative estimate of drug-likeness (QED) is 0.231. The number of amidine groups is 1. The van der Waals surface area contributed by atoms with Crippen LogP contribution in [0.2, 0.25) is 0 Å². The monoisotopic (exact) mass is 606 g/mol. The van der Waals surface area contributed by atoms with Gasteiger partial charge in [0.1, 0.15) is 11.8 Å². The zero-order valence-corrected chi connectivity index (χ0v) is 22.4. The lowest BCUT2D eigenvalue weighted by molar-refractivity contribution is 0.431. The molecule has 0 aromatic heterocycles. The van der Waals surface area contributed by atoms with E-state index in [1.54, 1.807) is 24.3 Å². The van der Waals surface area contributed by atoms with Crippen molar-refractivity contribution in [2.24, 2.45) is 4.40 Å². The summed E-state index contributed by atoms with van der Waals surface area (Å²) in [6.07, 6.45) is 1.93. The Morgan fingerprint density at radius 1 is 0.833 bits per heavy atom. The van der Waals surface area contributed by atoms with Gasteiger partial charge in [0.05, 0.1) is 4.90 Å². The number of aryl methyl sites for hydroxylation is 1. The second kappa shape index (κ2) is 10.3. The standard InChI is InChI=1S/C29H23IN2O3S/c1-21-12-18-26(19-13-21)36(33,34)31-29-32(25-16-14-24(30)15-17-25)28(23-10-6-3-7-11-23)27(35-29)20-22-8-4-2-5-9-22/h2-20,28H,1H3/b27-20-,31-29+. The smallest absolute Gasteiger partial charge is 0.314 e. The van der Waals surface area contributed by atoms with Gasteiger partial charge in [-0.05, 0) is 83.1 Å². The molecule has 7 heteroatoms. The van der Waals surface area contributed by atoms with E-state index < -0.39 is 16.1 Å². The number of benzene rings is 4. The van der Waals surface area contributed by atoms with Gasteiger partial charge < -0.3 is 4.74 Å². The molecule has 4 aromatic rings. The lowest BCUT2D eigenvalue weighted by Gasteiger charge is -2.24. The highest BCUT2D eigenvalue weighted by Gasteiger charge is 2.40. The van der Waals surface area contributed by atoms with Crippen LogP contribution in [0.3, 0.4) is 0 Å². The number of sulfonamides is 1. The van der Waals surface area contributed by atoms with Gasteiger partial charge in [0.25, 0.3) is 10.0 Å². The summed E-state index contributed by atoms with van der Waals surface area (Å²) in [7, 11) is -4.02. The average Bonchev–Trinajstić information content (AvgIpc) is 3.22. The fraction of sp³-hybridized carbons (Fsp3) is 0.0690. The third kappa shape index (κ3) is 5.22. The molecular weight excluding hydrogens is 583 g/mol. The lowest BCUT2D eigenvalue weighted by atomic mass is 10.0. The maximum absolute atomic E-state index is 13.3. The molecule has 0 radical (unpaired) electrons. The van der Waals surface area contributed by atoms with Gasteiger partial charge in [-0.25, -0.2) is 0 Å². The van der Waals surface area contributed by atoms with Crippen LogP contribution in [0.1, 0.15) is 22.7 Å². The molecule has 0 bridgehead atoms. The summed E-state index contributed by atoms with van der Waals surface area (Å²) < 4.78 is 38.2. The van der Waals surface area contributed by atoms with Crippen LogP contribution in [-0.4, -0.2) is 14.4 Å². The van der Waals surface area contributed by atoms with Crippen molar-refractivity contribution in [2.75, 3.05) is 4.90 Å². The molecule has 36 heavy (non-hydrogen) atoms. The molecule has 1 saturated heterocycles. The summed E-state index contributed by atoms with van der Waals surface area (Å²) in [4.78, 5) is 1.95. The number of hydrogen-bond donors (Lipinski definition) is 0. The molecule has 0 amide bonds. The van der Waals surface area contributed by atoms with E-state index in [2.05, 4.69) is 27.0 Å². The molecule has 1 atom stereocenters. The summed E-state index contributed by atoms with van der Waals surface area (Å²) in [5, 5.41) is 0. The normalized spacial score (nSPS) is 17.9. The minimum Gasteiger partial charge on any atom is -0.427 e. The Morgan fingerprint density at radius 2 is 1.44 bits per heavy atom. The maximum atomic E-state index is 13.3. The molecule has 0 saturated carbocycles. The van der Waals surface area contributed by atoms with Crippen LogP contribution in [0.5, 0.6) is 0 Å². The lowest BCUT2D eigenvalue weighted by Crippen LogP contribution is -2.29. The van der Waals surface area contributed by atoms with E-state index in [1.807, 2.05) is 103 Å². The minimum atomic E-state index is -4.02. The molecule has 180 valence electrons. The summed E-state index contributed by atoms with van der Waals surface area (Å²) in [6, 6.07) is 33.8. The summed E-state index contributed by atoms with van der Waals surface area (Å²) in [5.74, 6) is 0.587. The second-order valence-corrected chi connectivity index (χ2v) is 11.2. The van der Waals surface area contributed by atoms with Crippen LogP contribution < -0.4 is 4.90 Å². The van der Waals surface area contributed by atoms with Gasteiger partial charge in [-0.1, -0.05) is 78.4 Å². The Labute approximate surface area is 225 Å². The molecule has 0 N–H and O–H groups in total. The van der Waals surface area contributed by atoms with E-state index in [9.17, 15) is 8.42 Å². The van der Waals surface area contributed by atoms with E-state index >= 15 is 0 Å². The summed E-state index contributed by atoms with van der Waals surface area (Å²) in [6.45, 7) is 1.91. The maximum Gasteiger partial charge on any atom is 0.314 e. The number of nitrogens with zero attached hydrogens (tertiary/aromatic N) is 2. The third-order valence-electron chi connectivity index (χ3n) is 5.79. The van der Waals surface area contributed by atoms with Crippen LogP contribution >= 0.6 is 22.6 Å². The van der Waals surface area contributed by atoms with Crippen molar-refractivity contribution < 1.29 is 13.2 Å². The van der Waals surface area contributed by atoms with Crippen LogP contribution in [0.25, 0.3) is 6.08 Å². The fourth-order valence-corrected chi connectivity index (χ4v) is 5.28. The zero-order valence-electron chi connectivity index (χ0n) is 19.5. The molecule has 1 unspecified atom stereocenters. The van der Waals surface area contributed by atoms with Gasteiger partial charge in [-0.2, -0.15) is 8.42 Å². The highest BCUT2D eigenvalue weighted by Crippen LogP contribution is 2.41. The molecule has 1 aliphatic rings. The molecule has 1 fully saturated rings. The molecular formula is C29H23IN2O3S. The zero-order chi connectivity index (χ0) is 25.1. The number of anilines is 1. The van der Waals surface area contributed by atoms with Crippen molar-refractivity contribution in [3.63, 3.8) is 0 Å². The third-order valence-corrected chi connectivity index (χ3v) is 7.77. The van der Waals surface area contributed by atoms with Crippen molar-refractivity contribution >= 4 is 50.4 Å². The van der Waals surface area contributed by atoms with E-state index in [1.165, 1.54) is 0 Å². The summed E-state index contributed by atoms with van der Waals surface area (Å²) >= 11 is 2.25. The van der Waals surface area contributed by atoms with Gasteiger partial charge in [0.2, 0.25) is 0 Å². The van der Waals surface area contributed by atoms with Crippen molar-refractivity contribution in [2.45, 2.75) is 17.9 Å². The van der Waals surface area contributed by atoms with Crippen molar-refractivity contribution in [3.05, 3.63) is 135 Å². The van der Waals surface area contributed by atoms with Crippen LogP contribution in [-0.2, 0) is 14.8 Å². The van der Waals surface area contributed by atoms with Gasteiger partial charge >= 0.3 is 6.02 Å². The van der Waals surface area contributed by atoms with Crippen LogP contribution in [0.15, 0.2) is 124 Å². The molecule has 1 aliphatic heterocycles. The van der Waals surface area contributed by atoms with E-state index in [-0.39, 0.29) is 10.9 Å².